The minimum atomic E-state index is -0.760. The summed E-state index contributed by atoms with van der Waals surface area (Å²) in [6.45, 7) is 3.49. The van der Waals surface area contributed by atoms with E-state index < -0.39 is 18.0 Å². The molecule has 1 aliphatic rings. The molecule has 1 aromatic rings. The molecule has 0 saturated heterocycles. The van der Waals surface area contributed by atoms with Gasteiger partial charge in [0.1, 0.15) is 0 Å². The van der Waals surface area contributed by atoms with Gasteiger partial charge in [-0.2, -0.15) is 0 Å². The molecule has 0 aliphatic carbocycles. The lowest BCUT2D eigenvalue weighted by Crippen LogP contribution is -2.45. The average Bonchev–Trinajstić information content (AvgIpc) is 2.41. The Labute approximate surface area is 121 Å². The first kappa shape index (κ1) is 14.7. The van der Waals surface area contributed by atoms with Crippen LogP contribution in [0.4, 0.5) is 4.79 Å². The molecule has 2 amide bonds. The van der Waals surface area contributed by atoms with Crippen LogP contribution >= 0.6 is 0 Å². The Bertz CT molecular complexity index is 624. The summed E-state index contributed by atoms with van der Waals surface area (Å²) in [7, 11) is 0. The number of phenolic OH excluding ortho intramolecular Hbond substituents is 2. The van der Waals surface area contributed by atoms with Crippen LogP contribution in [-0.4, -0.2) is 28.8 Å². The Morgan fingerprint density at radius 3 is 2.67 bits per heavy atom. The van der Waals surface area contributed by atoms with Gasteiger partial charge in [-0.1, -0.05) is 6.07 Å². The van der Waals surface area contributed by atoms with Crippen LogP contribution < -0.4 is 10.6 Å². The highest BCUT2D eigenvalue weighted by Crippen LogP contribution is 2.33. The summed E-state index contributed by atoms with van der Waals surface area (Å²) in [5.41, 5.74) is 1.10. The van der Waals surface area contributed by atoms with Crippen molar-refractivity contribution in [3.63, 3.8) is 0 Å². The van der Waals surface area contributed by atoms with Crippen LogP contribution in [0.2, 0.25) is 0 Å². The van der Waals surface area contributed by atoms with E-state index >= 15 is 0 Å². The van der Waals surface area contributed by atoms with Crippen LogP contribution in [0.3, 0.4) is 0 Å². The van der Waals surface area contributed by atoms with Crippen molar-refractivity contribution in [2.24, 2.45) is 0 Å². The smallest absolute Gasteiger partial charge is 0.338 e. The summed E-state index contributed by atoms with van der Waals surface area (Å²) in [5, 5.41) is 24.0. The molecule has 0 spiro atoms. The van der Waals surface area contributed by atoms with Crippen molar-refractivity contribution in [2.75, 3.05) is 6.61 Å². The van der Waals surface area contributed by atoms with Gasteiger partial charge < -0.3 is 25.6 Å². The molecule has 1 unspecified atom stereocenters. The average molecular weight is 292 g/mol. The van der Waals surface area contributed by atoms with E-state index in [0.29, 0.717) is 11.3 Å². The van der Waals surface area contributed by atoms with Gasteiger partial charge in [0.2, 0.25) is 0 Å². The molecule has 0 fully saturated rings. The van der Waals surface area contributed by atoms with Crippen molar-refractivity contribution < 1.29 is 24.5 Å². The SMILES string of the molecule is CCOC(=O)C1=C(C)NC(=O)NC1c1ccc(O)c(O)c1. The van der Waals surface area contributed by atoms with E-state index in [1.54, 1.807) is 13.8 Å². The Morgan fingerprint density at radius 2 is 2.05 bits per heavy atom. The lowest BCUT2D eigenvalue weighted by Gasteiger charge is -2.28. The normalized spacial score (nSPS) is 18.0. The van der Waals surface area contributed by atoms with Gasteiger partial charge in [-0.15, -0.1) is 0 Å². The van der Waals surface area contributed by atoms with E-state index in [-0.39, 0.29) is 23.7 Å². The molecular formula is C14H16N2O5. The Hall–Kier alpha value is -2.70. The van der Waals surface area contributed by atoms with E-state index in [0.717, 1.165) is 0 Å². The third-order valence-electron chi connectivity index (χ3n) is 3.10. The molecule has 0 bridgehead atoms. The molecule has 1 heterocycles. The molecule has 0 aromatic heterocycles. The van der Waals surface area contributed by atoms with Gasteiger partial charge in [-0.05, 0) is 31.5 Å². The van der Waals surface area contributed by atoms with E-state index in [4.69, 9.17) is 4.74 Å². The lowest BCUT2D eigenvalue weighted by molar-refractivity contribution is -0.139. The number of amides is 2. The number of rotatable bonds is 3. The summed E-state index contributed by atoms with van der Waals surface area (Å²) in [6.07, 6.45) is 0. The highest BCUT2D eigenvalue weighted by molar-refractivity contribution is 5.95. The maximum atomic E-state index is 12.1. The Balaban J connectivity index is 2.46. The van der Waals surface area contributed by atoms with Crippen LogP contribution in [0.1, 0.15) is 25.5 Å². The van der Waals surface area contributed by atoms with Gasteiger partial charge in [0.25, 0.3) is 0 Å². The number of nitrogens with one attached hydrogen (secondary N) is 2. The predicted molar refractivity (Wildman–Crippen MR) is 73.5 cm³/mol. The van der Waals surface area contributed by atoms with Gasteiger partial charge in [-0.25, -0.2) is 9.59 Å². The first-order valence-electron chi connectivity index (χ1n) is 6.41. The van der Waals surface area contributed by atoms with Crippen molar-refractivity contribution in [1.82, 2.24) is 10.6 Å². The zero-order valence-corrected chi connectivity index (χ0v) is 11.6. The molecule has 1 aromatic carbocycles. The van der Waals surface area contributed by atoms with Gasteiger partial charge in [0.05, 0.1) is 18.2 Å². The third kappa shape index (κ3) is 2.91. The fourth-order valence-electron chi connectivity index (χ4n) is 2.14. The van der Waals surface area contributed by atoms with Crippen LogP contribution in [0.15, 0.2) is 29.5 Å². The minimum Gasteiger partial charge on any atom is -0.504 e. The maximum Gasteiger partial charge on any atom is 0.338 e. The number of allylic oxidation sites excluding steroid dienone is 1. The molecule has 1 aliphatic heterocycles. The highest BCUT2D eigenvalue weighted by Gasteiger charge is 2.32. The van der Waals surface area contributed by atoms with Crippen molar-refractivity contribution in [3.8, 4) is 11.5 Å². The minimum absolute atomic E-state index is 0.205. The van der Waals surface area contributed by atoms with Crippen molar-refractivity contribution >= 4 is 12.0 Å². The first-order chi connectivity index (χ1) is 9.93. The van der Waals surface area contributed by atoms with Crippen molar-refractivity contribution in [2.45, 2.75) is 19.9 Å². The number of esters is 1. The van der Waals surface area contributed by atoms with Gasteiger partial charge >= 0.3 is 12.0 Å². The quantitative estimate of drug-likeness (QED) is 0.496. The lowest BCUT2D eigenvalue weighted by atomic mass is 9.95. The summed E-state index contributed by atoms with van der Waals surface area (Å²) < 4.78 is 4.99. The Kier molecular flexibility index (Phi) is 4.02. The second-order valence-corrected chi connectivity index (χ2v) is 4.54. The Morgan fingerprint density at radius 1 is 1.33 bits per heavy atom. The molecule has 7 heteroatoms. The van der Waals surface area contributed by atoms with E-state index in [1.807, 2.05) is 0 Å². The highest BCUT2D eigenvalue weighted by atomic mass is 16.5. The number of benzene rings is 1. The monoisotopic (exact) mass is 292 g/mol. The molecular weight excluding hydrogens is 276 g/mol. The first-order valence-corrected chi connectivity index (χ1v) is 6.41. The molecule has 0 radical (unpaired) electrons. The second kappa shape index (κ2) is 5.74. The number of carbonyl (C=O) groups excluding carboxylic acids is 2. The van der Waals surface area contributed by atoms with Gasteiger partial charge in [0.15, 0.2) is 11.5 Å². The predicted octanol–water partition coefficient (Wildman–Crippen LogP) is 1.29. The fraction of sp³-hybridized carbons (Fsp3) is 0.286. The fourth-order valence-corrected chi connectivity index (χ4v) is 2.14. The van der Waals surface area contributed by atoms with Gasteiger partial charge in [-0.3, -0.25) is 0 Å². The van der Waals surface area contributed by atoms with Crippen LogP contribution in [0.25, 0.3) is 0 Å². The summed E-state index contributed by atoms with van der Waals surface area (Å²) in [4.78, 5) is 23.7. The van der Waals surface area contributed by atoms with E-state index in [2.05, 4.69) is 10.6 Å². The third-order valence-corrected chi connectivity index (χ3v) is 3.10. The molecule has 0 saturated carbocycles. The summed E-state index contributed by atoms with van der Waals surface area (Å²) in [6, 6.07) is 2.87. The molecule has 1 atom stereocenters. The number of carbonyl (C=O) groups is 2. The second-order valence-electron chi connectivity index (χ2n) is 4.54. The number of urea groups is 1. The molecule has 2 rings (SSSR count). The molecule has 4 N–H and O–H groups in total. The zero-order chi connectivity index (χ0) is 15.6. The van der Waals surface area contributed by atoms with Crippen molar-refractivity contribution in [3.05, 3.63) is 35.0 Å². The number of phenols is 2. The molecule has 7 nitrogen and oxygen atoms in total. The van der Waals surface area contributed by atoms with Gasteiger partial charge in [0, 0.05) is 5.70 Å². The zero-order valence-electron chi connectivity index (χ0n) is 11.6. The van der Waals surface area contributed by atoms with Crippen LogP contribution in [0.5, 0.6) is 11.5 Å². The number of aromatic hydroxyl groups is 2. The topological polar surface area (TPSA) is 108 Å². The number of hydrogen-bond donors (Lipinski definition) is 4. The van der Waals surface area contributed by atoms with Crippen molar-refractivity contribution in [1.29, 1.82) is 0 Å². The molecule has 21 heavy (non-hydrogen) atoms. The molecule has 112 valence electrons. The largest absolute Gasteiger partial charge is 0.504 e. The standard InChI is InChI=1S/C14H16N2O5/c1-3-21-13(19)11-7(2)15-14(20)16-12(11)8-4-5-9(17)10(18)6-8/h4-6,12,17-18H,3H2,1-2H3,(H2,15,16,20). The number of ether oxygens (including phenoxy) is 1. The maximum absolute atomic E-state index is 12.1. The summed E-state index contributed by atoms with van der Waals surface area (Å²) >= 11 is 0. The number of hydrogen-bond acceptors (Lipinski definition) is 5. The summed E-state index contributed by atoms with van der Waals surface area (Å²) in [5.74, 6) is -1.17. The van der Waals surface area contributed by atoms with Crippen LogP contribution in [0, 0.1) is 0 Å². The van der Waals surface area contributed by atoms with E-state index in [9.17, 15) is 19.8 Å². The van der Waals surface area contributed by atoms with E-state index in [1.165, 1.54) is 18.2 Å². The van der Waals surface area contributed by atoms with Crippen LogP contribution in [-0.2, 0) is 9.53 Å².